The Morgan fingerprint density at radius 3 is 2.54 bits per heavy atom. The summed E-state index contributed by atoms with van der Waals surface area (Å²) in [4.78, 5) is 0. The molecule has 0 spiro atoms. The number of rotatable bonds is 4. The molecule has 2 heteroatoms. The van der Waals surface area contributed by atoms with Crippen molar-refractivity contribution in [3.05, 3.63) is 35.4 Å². The van der Waals surface area contributed by atoms with Crippen molar-refractivity contribution in [2.24, 2.45) is 5.73 Å². The Morgan fingerprint density at radius 1 is 1.23 bits per heavy atom. The summed E-state index contributed by atoms with van der Waals surface area (Å²) in [6.07, 6.45) is 2.51. The number of benzene rings is 1. The summed E-state index contributed by atoms with van der Waals surface area (Å²) in [7, 11) is 0. The van der Waals surface area contributed by atoms with Crippen LogP contribution in [0, 0.1) is 11.3 Å². The Balaban J connectivity index is 2.60. The van der Waals surface area contributed by atoms with Crippen LogP contribution in [0.2, 0.25) is 0 Å². The van der Waals surface area contributed by atoms with Crippen molar-refractivity contribution >= 4 is 0 Å². The van der Waals surface area contributed by atoms with Gasteiger partial charge in [0.15, 0.2) is 0 Å². The summed E-state index contributed by atoms with van der Waals surface area (Å²) in [6.45, 7) is 0.586. The summed E-state index contributed by atoms with van der Waals surface area (Å²) in [6, 6.07) is 10.3. The molecule has 0 aliphatic rings. The van der Waals surface area contributed by atoms with Crippen LogP contribution < -0.4 is 5.73 Å². The molecule has 0 aliphatic heterocycles. The largest absolute Gasteiger partial charge is 0.326 e. The number of nitrogens with two attached hydrogens (primary N) is 1. The Hall–Kier alpha value is -1.33. The third kappa shape index (κ3) is 2.89. The van der Waals surface area contributed by atoms with Gasteiger partial charge in [-0.15, -0.1) is 0 Å². The van der Waals surface area contributed by atoms with E-state index in [1.807, 2.05) is 18.2 Å². The molecule has 2 N–H and O–H groups in total. The first-order chi connectivity index (χ1) is 6.38. The lowest BCUT2D eigenvalue weighted by Crippen LogP contribution is -2.01. The van der Waals surface area contributed by atoms with Gasteiger partial charge in [0.2, 0.25) is 0 Å². The van der Waals surface area contributed by atoms with Crippen LogP contribution in [-0.2, 0) is 13.0 Å². The Morgan fingerprint density at radius 2 is 1.92 bits per heavy atom. The maximum absolute atomic E-state index is 8.40. The number of nitriles is 1. The van der Waals surface area contributed by atoms with Crippen molar-refractivity contribution in [1.29, 1.82) is 5.26 Å². The first kappa shape index (κ1) is 9.76. The van der Waals surface area contributed by atoms with Crippen LogP contribution >= 0.6 is 0 Å². The highest BCUT2D eigenvalue weighted by Crippen LogP contribution is 2.10. The van der Waals surface area contributed by atoms with Gasteiger partial charge >= 0.3 is 0 Å². The van der Waals surface area contributed by atoms with Crippen LogP contribution in [0.3, 0.4) is 0 Å². The minimum absolute atomic E-state index is 0.586. The number of hydrogen-bond donors (Lipinski definition) is 1. The zero-order valence-electron chi connectivity index (χ0n) is 7.66. The summed E-state index contributed by atoms with van der Waals surface area (Å²) in [5.74, 6) is 0. The maximum Gasteiger partial charge on any atom is 0.0621 e. The molecule has 0 fully saturated rings. The maximum atomic E-state index is 8.40. The average molecular weight is 174 g/mol. The molecule has 0 unspecified atom stereocenters. The molecule has 0 saturated carbocycles. The number of unbranched alkanes of at least 4 members (excludes halogenated alkanes) is 1. The molecule has 0 aliphatic carbocycles. The summed E-state index contributed by atoms with van der Waals surface area (Å²) in [5, 5.41) is 8.40. The van der Waals surface area contributed by atoms with E-state index < -0.39 is 0 Å². The molecule has 1 rings (SSSR count). The second-order valence-electron chi connectivity index (χ2n) is 2.98. The fourth-order valence-electron chi connectivity index (χ4n) is 1.36. The van der Waals surface area contributed by atoms with Crippen molar-refractivity contribution in [2.45, 2.75) is 25.8 Å². The van der Waals surface area contributed by atoms with E-state index in [0.29, 0.717) is 13.0 Å². The van der Waals surface area contributed by atoms with Crippen molar-refractivity contribution in [1.82, 2.24) is 0 Å². The molecule has 0 bridgehead atoms. The molecule has 1 aromatic rings. The first-order valence-corrected chi connectivity index (χ1v) is 4.52. The molecule has 0 aromatic heterocycles. The van der Waals surface area contributed by atoms with E-state index in [9.17, 15) is 0 Å². The highest BCUT2D eigenvalue weighted by Gasteiger charge is 1.98. The van der Waals surface area contributed by atoms with Crippen molar-refractivity contribution in [3.8, 4) is 6.07 Å². The standard InChI is InChI=1S/C11H14N2/c12-8-4-3-6-10-5-1-2-7-11(10)9-13/h1-2,5,7H,3-4,6,9,13H2. The number of nitrogens with zero attached hydrogens (tertiary/aromatic N) is 1. The molecule has 0 atom stereocenters. The van der Waals surface area contributed by atoms with Gasteiger partial charge in [-0.1, -0.05) is 24.3 Å². The highest BCUT2D eigenvalue weighted by molar-refractivity contribution is 5.26. The molecule has 0 saturated heterocycles. The number of aryl methyl sites for hydroxylation is 1. The Bertz CT molecular complexity index is 299. The van der Waals surface area contributed by atoms with Gasteiger partial charge in [-0.25, -0.2) is 0 Å². The Kier molecular flexibility index (Phi) is 4.01. The zero-order valence-corrected chi connectivity index (χ0v) is 7.66. The van der Waals surface area contributed by atoms with Crippen LogP contribution in [0.1, 0.15) is 24.0 Å². The van der Waals surface area contributed by atoms with Gasteiger partial charge in [0, 0.05) is 13.0 Å². The van der Waals surface area contributed by atoms with Gasteiger partial charge in [-0.2, -0.15) is 5.26 Å². The summed E-state index contributed by atoms with van der Waals surface area (Å²) in [5.41, 5.74) is 8.06. The monoisotopic (exact) mass is 174 g/mol. The highest BCUT2D eigenvalue weighted by atomic mass is 14.5. The predicted molar refractivity (Wildman–Crippen MR) is 52.9 cm³/mol. The van der Waals surface area contributed by atoms with E-state index in [1.54, 1.807) is 0 Å². The lowest BCUT2D eigenvalue weighted by atomic mass is 10.0. The number of hydrogen-bond acceptors (Lipinski definition) is 2. The van der Waals surface area contributed by atoms with Crippen LogP contribution in [0.5, 0.6) is 0 Å². The van der Waals surface area contributed by atoms with Crippen LogP contribution in [0.25, 0.3) is 0 Å². The second-order valence-corrected chi connectivity index (χ2v) is 2.98. The molecule has 0 heterocycles. The van der Waals surface area contributed by atoms with E-state index in [2.05, 4.69) is 12.1 Å². The van der Waals surface area contributed by atoms with Gasteiger partial charge in [-0.3, -0.25) is 0 Å². The third-order valence-corrected chi connectivity index (χ3v) is 2.07. The predicted octanol–water partition coefficient (Wildman–Crippen LogP) is 1.99. The summed E-state index contributed by atoms with van der Waals surface area (Å²) >= 11 is 0. The van der Waals surface area contributed by atoms with Gasteiger partial charge in [-0.05, 0) is 24.0 Å². The van der Waals surface area contributed by atoms with Crippen LogP contribution in [0.4, 0.5) is 0 Å². The zero-order chi connectivity index (χ0) is 9.52. The molecule has 0 amide bonds. The fraction of sp³-hybridized carbons (Fsp3) is 0.364. The Labute approximate surface area is 79.0 Å². The smallest absolute Gasteiger partial charge is 0.0621 e. The minimum Gasteiger partial charge on any atom is -0.326 e. The quantitative estimate of drug-likeness (QED) is 0.710. The van der Waals surface area contributed by atoms with Crippen molar-refractivity contribution in [3.63, 3.8) is 0 Å². The van der Waals surface area contributed by atoms with E-state index in [4.69, 9.17) is 11.0 Å². The molecule has 0 radical (unpaired) electrons. The third-order valence-electron chi connectivity index (χ3n) is 2.07. The summed E-state index contributed by atoms with van der Waals surface area (Å²) < 4.78 is 0. The van der Waals surface area contributed by atoms with Crippen LogP contribution in [-0.4, -0.2) is 0 Å². The lowest BCUT2D eigenvalue weighted by Gasteiger charge is -2.05. The minimum atomic E-state index is 0.586. The lowest BCUT2D eigenvalue weighted by molar-refractivity contribution is 0.835. The van der Waals surface area contributed by atoms with Gasteiger partial charge in [0.25, 0.3) is 0 Å². The van der Waals surface area contributed by atoms with E-state index >= 15 is 0 Å². The average Bonchev–Trinajstić information content (AvgIpc) is 2.19. The molecule has 13 heavy (non-hydrogen) atoms. The fourth-order valence-corrected chi connectivity index (χ4v) is 1.36. The van der Waals surface area contributed by atoms with Crippen LogP contribution in [0.15, 0.2) is 24.3 Å². The molecular formula is C11H14N2. The SMILES string of the molecule is N#CCCCc1ccccc1CN. The van der Waals surface area contributed by atoms with E-state index in [0.717, 1.165) is 12.8 Å². The normalized spacial score (nSPS) is 9.54. The first-order valence-electron chi connectivity index (χ1n) is 4.52. The topological polar surface area (TPSA) is 49.8 Å². The van der Waals surface area contributed by atoms with Crippen molar-refractivity contribution in [2.75, 3.05) is 0 Å². The van der Waals surface area contributed by atoms with Crippen molar-refractivity contribution < 1.29 is 0 Å². The van der Waals surface area contributed by atoms with E-state index in [1.165, 1.54) is 11.1 Å². The molecular weight excluding hydrogens is 160 g/mol. The van der Waals surface area contributed by atoms with E-state index in [-0.39, 0.29) is 0 Å². The van der Waals surface area contributed by atoms with Gasteiger partial charge < -0.3 is 5.73 Å². The second kappa shape index (κ2) is 5.34. The molecule has 2 nitrogen and oxygen atoms in total. The van der Waals surface area contributed by atoms with Gasteiger partial charge in [0.1, 0.15) is 0 Å². The molecule has 1 aromatic carbocycles. The van der Waals surface area contributed by atoms with Gasteiger partial charge in [0.05, 0.1) is 6.07 Å². The molecule has 68 valence electrons.